The van der Waals surface area contributed by atoms with Crippen molar-refractivity contribution in [3.05, 3.63) is 0 Å². The van der Waals surface area contributed by atoms with E-state index >= 15 is 0 Å². The molecule has 0 aliphatic carbocycles. The van der Waals surface area contributed by atoms with Crippen LogP contribution in [0.25, 0.3) is 0 Å². The summed E-state index contributed by atoms with van der Waals surface area (Å²) in [6, 6.07) is 0. The molecule has 0 aromatic carbocycles. The van der Waals surface area contributed by atoms with E-state index in [1.54, 1.807) is 6.92 Å². The van der Waals surface area contributed by atoms with Crippen molar-refractivity contribution in [1.82, 2.24) is 4.90 Å². The third kappa shape index (κ3) is 5.46. The van der Waals surface area contributed by atoms with Crippen molar-refractivity contribution in [3.8, 4) is 0 Å². The summed E-state index contributed by atoms with van der Waals surface area (Å²) in [5.41, 5.74) is 0. The maximum atomic E-state index is 11.0. The van der Waals surface area contributed by atoms with Crippen LogP contribution in [0.4, 0.5) is 0 Å². The summed E-state index contributed by atoms with van der Waals surface area (Å²) in [5, 5.41) is 0. The lowest BCUT2D eigenvalue weighted by Crippen LogP contribution is -2.37. The van der Waals surface area contributed by atoms with Crippen LogP contribution in [0.5, 0.6) is 0 Å². The standard InChI is InChI=1S/C9H19NO4S/c1-2-15(11,12)14-7-3-4-10-5-8-13-9-6-10/h2-9H2,1H3. The van der Waals surface area contributed by atoms with E-state index in [4.69, 9.17) is 8.92 Å². The highest BCUT2D eigenvalue weighted by Crippen LogP contribution is 2.00. The fourth-order valence-corrected chi connectivity index (χ4v) is 1.92. The Labute approximate surface area is 91.5 Å². The van der Waals surface area contributed by atoms with Gasteiger partial charge in [-0.15, -0.1) is 0 Å². The number of ether oxygens (including phenoxy) is 1. The Kier molecular flexibility index (Phi) is 5.52. The molecular formula is C9H19NO4S. The van der Waals surface area contributed by atoms with Gasteiger partial charge in [0.25, 0.3) is 10.1 Å². The molecule has 0 unspecified atom stereocenters. The monoisotopic (exact) mass is 237 g/mol. The van der Waals surface area contributed by atoms with Gasteiger partial charge in [0.15, 0.2) is 0 Å². The van der Waals surface area contributed by atoms with Gasteiger partial charge < -0.3 is 4.74 Å². The molecule has 90 valence electrons. The Balaban J connectivity index is 2.06. The summed E-state index contributed by atoms with van der Waals surface area (Å²) < 4.78 is 32.0. The van der Waals surface area contributed by atoms with Crippen molar-refractivity contribution in [3.63, 3.8) is 0 Å². The van der Waals surface area contributed by atoms with Crippen LogP contribution in [0.15, 0.2) is 0 Å². The predicted molar refractivity (Wildman–Crippen MR) is 57.3 cm³/mol. The second-order valence-electron chi connectivity index (χ2n) is 3.48. The van der Waals surface area contributed by atoms with Crippen LogP contribution < -0.4 is 0 Å². The molecule has 0 bridgehead atoms. The van der Waals surface area contributed by atoms with E-state index < -0.39 is 10.1 Å². The van der Waals surface area contributed by atoms with Gasteiger partial charge >= 0.3 is 0 Å². The first-order valence-electron chi connectivity index (χ1n) is 5.31. The third-order valence-electron chi connectivity index (χ3n) is 2.34. The topological polar surface area (TPSA) is 55.8 Å². The maximum absolute atomic E-state index is 11.0. The molecule has 1 heterocycles. The molecule has 0 spiro atoms. The molecule has 1 aliphatic heterocycles. The van der Waals surface area contributed by atoms with Crippen LogP contribution in [0.1, 0.15) is 13.3 Å². The minimum absolute atomic E-state index is 0.0462. The third-order valence-corrected chi connectivity index (χ3v) is 3.57. The first-order chi connectivity index (χ1) is 7.14. The molecule has 15 heavy (non-hydrogen) atoms. The molecule has 0 radical (unpaired) electrons. The first kappa shape index (κ1) is 12.9. The van der Waals surface area contributed by atoms with E-state index in [-0.39, 0.29) is 12.4 Å². The van der Waals surface area contributed by atoms with Gasteiger partial charge in [0, 0.05) is 19.6 Å². The predicted octanol–water partition coefficient (Wildman–Crippen LogP) is 0.0750. The number of morpholine rings is 1. The lowest BCUT2D eigenvalue weighted by atomic mass is 10.3. The van der Waals surface area contributed by atoms with Crippen LogP contribution in [0.2, 0.25) is 0 Å². The van der Waals surface area contributed by atoms with Crippen LogP contribution in [-0.2, 0) is 19.0 Å². The molecule has 6 heteroatoms. The summed E-state index contributed by atoms with van der Waals surface area (Å²) in [4.78, 5) is 2.26. The molecule has 0 atom stereocenters. The minimum Gasteiger partial charge on any atom is -0.379 e. The Hall–Kier alpha value is -0.170. The smallest absolute Gasteiger partial charge is 0.267 e. The Morgan fingerprint density at radius 3 is 2.60 bits per heavy atom. The van der Waals surface area contributed by atoms with E-state index in [0.29, 0.717) is 0 Å². The molecule has 5 nitrogen and oxygen atoms in total. The zero-order valence-corrected chi connectivity index (χ0v) is 9.96. The van der Waals surface area contributed by atoms with Gasteiger partial charge in [0.2, 0.25) is 0 Å². The zero-order valence-electron chi connectivity index (χ0n) is 9.15. The van der Waals surface area contributed by atoms with E-state index in [2.05, 4.69) is 4.90 Å². The quantitative estimate of drug-likeness (QED) is 0.483. The highest BCUT2D eigenvalue weighted by atomic mass is 32.2. The Morgan fingerprint density at radius 2 is 2.00 bits per heavy atom. The SMILES string of the molecule is CCS(=O)(=O)OCCCN1CCOCC1. The highest BCUT2D eigenvalue weighted by Gasteiger charge is 2.11. The second kappa shape index (κ2) is 6.42. The maximum Gasteiger partial charge on any atom is 0.267 e. The summed E-state index contributed by atoms with van der Waals surface area (Å²) in [6.45, 7) is 6.15. The second-order valence-corrected chi connectivity index (χ2v) is 5.40. The van der Waals surface area contributed by atoms with Crippen molar-refractivity contribution < 1.29 is 17.3 Å². The van der Waals surface area contributed by atoms with Gasteiger partial charge in [-0.25, -0.2) is 0 Å². The van der Waals surface area contributed by atoms with Crippen LogP contribution in [-0.4, -0.2) is 58.5 Å². The normalized spacial score (nSPS) is 19.3. The lowest BCUT2D eigenvalue weighted by Gasteiger charge is -2.26. The molecule has 1 saturated heterocycles. The lowest BCUT2D eigenvalue weighted by molar-refractivity contribution is 0.0359. The first-order valence-corrected chi connectivity index (χ1v) is 6.89. The van der Waals surface area contributed by atoms with Crippen molar-refractivity contribution in [2.45, 2.75) is 13.3 Å². The molecule has 0 aromatic rings. The van der Waals surface area contributed by atoms with Crippen molar-refractivity contribution >= 4 is 10.1 Å². The van der Waals surface area contributed by atoms with Gasteiger partial charge in [0.1, 0.15) is 0 Å². The van der Waals surface area contributed by atoms with E-state index in [1.807, 2.05) is 0 Å². The van der Waals surface area contributed by atoms with Crippen molar-refractivity contribution in [2.75, 3.05) is 45.2 Å². The van der Waals surface area contributed by atoms with Gasteiger partial charge in [-0.05, 0) is 13.3 Å². The zero-order chi connectivity index (χ0) is 11.1. The number of hydrogen-bond donors (Lipinski definition) is 0. The van der Waals surface area contributed by atoms with Crippen LogP contribution in [0, 0.1) is 0 Å². The number of rotatable bonds is 6. The van der Waals surface area contributed by atoms with Gasteiger partial charge in [-0.2, -0.15) is 8.42 Å². The Bertz CT molecular complexity index is 259. The van der Waals surface area contributed by atoms with E-state index in [0.717, 1.165) is 39.3 Å². The minimum atomic E-state index is -3.27. The molecular weight excluding hydrogens is 218 g/mol. The summed E-state index contributed by atoms with van der Waals surface area (Å²) in [7, 11) is -3.27. The summed E-state index contributed by atoms with van der Waals surface area (Å²) in [6.07, 6.45) is 0.749. The summed E-state index contributed by atoms with van der Waals surface area (Å²) in [5.74, 6) is 0.0462. The molecule has 1 aliphatic rings. The fraction of sp³-hybridized carbons (Fsp3) is 1.00. The Morgan fingerprint density at radius 1 is 1.33 bits per heavy atom. The molecule has 1 rings (SSSR count). The molecule has 0 aromatic heterocycles. The summed E-state index contributed by atoms with van der Waals surface area (Å²) >= 11 is 0. The number of nitrogens with zero attached hydrogens (tertiary/aromatic N) is 1. The van der Waals surface area contributed by atoms with Crippen LogP contribution in [0.3, 0.4) is 0 Å². The largest absolute Gasteiger partial charge is 0.379 e. The average molecular weight is 237 g/mol. The highest BCUT2D eigenvalue weighted by molar-refractivity contribution is 7.86. The fourth-order valence-electron chi connectivity index (χ4n) is 1.38. The van der Waals surface area contributed by atoms with Crippen molar-refractivity contribution in [2.24, 2.45) is 0 Å². The average Bonchev–Trinajstić information content (AvgIpc) is 2.26. The van der Waals surface area contributed by atoms with Gasteiger partial charge in [-0.3, -0.25) is 9.08 Å². The molecule has 0 amide bonds. The van der Waals surface area contributed by atoms with E-state index in [9.17, 15) is 8.42 Å². The molecule has 1 fully saturated rings. The number of hydrogen-bond acceptors (Lipinski definition) is 5. The van der Waals surface area contributed by atoms with Crippen LogP contribution >= 0.6 is 0 Å². The molecule has 0 N–H and O–H groups in total. The van der Waals surface area contributed by atoms with E-state index in [1.165, 1.54) is 0 Å². The molecule has 0 saturated carbocycles. The van der Waals surface area contributed by atoms with Gasteiger partial charge in [-0.1, -0.05) is 0 Å². The van der Waals surface area contributed by atoms with Crippen molar-refractivity contribution in [1.29, 1.82) is 0 Å². The van der Waals surface area contributed by atoms with Gasteiger partial charge in [0.05, 0.1) is 25.6 Å².